The van der Waals surface area contributed by atoms with Crippen molar-refractivity contribution in [2.45, 2.75) is 25.3 Å². The number of nitrogens with one attached hydrogen (secondary N) is 1. The molecular formula is C16H19NO3. The maximum atomic E-state index is 12.3. The van der Waals surface area contributed by atoms with E-state index in [1.54, 1.807) is 0 Å². The van der Waals surface area contributed by atoms with Gasteiger partial charge in [-0.05, 0) is 37.3 Å². The maximum Gasteiger partial charge on any atom is 0.250 e. The van der Waals surface area contributed by atoms with Crippen LogP contribution in [0.3, 0.4) is 0 Å². The fourth-order valence-electron chi connectivity index (χ4n) is 2.57. The van der Waals surface area contributed by atoms with Gasteiger partial charge >= 0.3 is 0 Å². The SMILES string of the molecule is O=C(NC(CCO)C1CC1)C1=Cc2ccccc2OC1. The van der Waals surface area contributed by atoms with Gasteiger partial charge in [-0.3, -0.25) is 4.79 Å². The molecule has 1 aliphatic heterocycles. The minimum Gasteiger partial charge on any atom is -0.488 e. The summed E-state index contributed by atoms with van der Waals surface area (Å²) in [5, 5.41) is 12.1. The molecule has 106 valence electrons. The van der Waals surface area contributed by atoms with Crippen LogP contribution >= 0.6 is 0 Å². The first-order chi connectivity index (χ1) is 9.78. The van der Waals surface area contributed by atoms with Crippen LogP contribution in [0.15, 0.2) is 29.8 Å². The largest absolute Gasteiger partial charge is 0.488 e. The molecule has 1 atom stereocenters. The lowest BCUT2D eigenvalue weighted by atomic mass is 10.1. The Labute approximate surface area is 118 Å². The van der Waals surface area contributed by atoms with Gasteiger partial charge in [-0.25, -0.2) is 0 Å². The Balaban J connectivity index is 1.70. The number of aliphatic hydroxyl groups excluding tert-OH is 1. The molecule has 1 amide bonds. The number of hydrogen-bond donors (Lipinski definition) is 2. The number of aliphatic hydroxyl groups is 1. The van der Waals surface area contributed by atoms with Crippen LogP contribution in [0.4, 0.5) is 0 Å². The second-order valence-corrected chi connectivity index (χ2v) is 5.43. The summed E-state index contributed by atoms with van der Waals surface area (Å²) in [5.41, 5.74) is 1.58. The van der Waals surface area contributed by atoms with Gasteiger partial charge in [0.1, 0.15) is 12.4 Å². The molecular weight excluding hydrogens is 254 g/mol. The summed E-state index contributed by atoms with van der Waals surface area (Å²) in [6, 6.07) is 7.78. The van der Waals surface area contributed by atoms with Gasteiger partial charge in [-0.2, -0.15) is 0 Å². The molecule has 1 aliphatic carbocycles. The Hall–Kier alpha value is -1.81. The Morgan fingerprint density at radius 3 is 2.95 bits per heavy atom. The molecule has 2 aliphatic rings. The van der Waals surface area contributed by atoms with Crippen LogP contribution in [0, 0.1) is 5.92 Å². The summed E-state index contributed by atoms with van der Waals surface area (Å²) >= 11 is 0. The molecule has 0 bridgehead atoms. The van der Waals surface area contributed by atoms with Crippen molar-refractivity contribution in [3.8, 4) is 5.75 Å². The summed E-state index contributed by atoms with van der Waals surface area (Å²) < 4.78 is 5.60. The fraction of sp³-hybridized carbons (Fsp3) is 0.438. The first-order valence-corrected chi connectivity index (χ1v) is 7.12. The predicted octanol–water partition coefficient (Wildman–Crippen LogP) is 1.74. The quantitative estimate of drug-likeness (QED) is 0.859. The third-order valence-corrected chi connectivity index (χ3v) is 3.87. The number of carbonyl (C=O) groups excluding carboxylic acids is 1. The molecule has 1 aromatic rings. The molecule has 0 radical (unpaired) electrons. The highest BCUT2D eigenvalue weighted by atomic mass is 16.5. The van der Waals surface area contributed by atoms with E-state index in [1.165, 1.54) is 0 Å². The number of hydrogen-bond acceptors (Lipinski definition) is 3. The van der Waals surface area contributed by atoms with Crippen molar-refractivity contribution in [2.24, 2.45) is 5.92 Å². The highest BCUT2D eigenvalue weighted by Crippen LogP contribution is 2.34. The van der Waals surface area contributed by atoms with Gasteiger partial charge in [-0.1, -0.05) is 18.2 Å². The smallest absolute Gasteiger partial charge is 0.250 e. The van der Waals surface area contributed by atoms with E-state index in [9.17, 15) is 4.79 Å². The van der Waals surface area contributed by atoms with E-state index in [1.807, 2.05) is 30.3 Å². The van der Waals surface area contributed by atoms with Crippen LogP contribution in [-0.4, -0.2) is 30.3 Å². The molecule has 0 saturated heterocycles. The van der Waals surface area contributed by atoms with E-state index < -0.39 is 0 Å². The average Bonchev–Trinajstić information content (AvgIpc) is 3.31. The summed E-state index contributed by atoms with van der Waals surface area (Å²) in [4.78, 5) is 12.3. The molecule has 1 aromatic carbocycles. The van der Waals surface area contributed by atoms with Gasteiger partial charge in [0.25, 0.3) is 5.91 Å². The average molecular weight is 273 g/mol. The lowest BCUT2D eigenvalue weighted by molar-refractivity contribution is -0.118. The number of rotatable bonds is 5. The maximum absolute atomic E-state index is 12.3. The number of ether oxygens (including phenoxy) is 1. The van der Waals surface area contributed by atoms with E-state index in [0.717, 1.165) is 24.2 Å². The Kier molecular flexibility index (Phi) is 3.74. The van der Waals surface area contributed by atoms with Gasteiger partial charge < -0.3 is 15.2 Å². The molecule has 0 aromatic heterocycles. The molecule has 1 fully saturated rings. The highest BCUT2D eigenvalue weighted by molar-refractivity contribution is 5.99. The zero-order valence-electron chi connectivity index (χ0n) is 11.3. The summed E-state index contributed by atoms with van der Waals surface area (Å²) in [5.74, 6) is 1.27. The van der Waals surface area contributed by atoms with Crippen molar-refractivity contribution in [1.82, 2.24) is 5.32 Å². The minimum absolute atomic E-state index is 0.0788. The third kappa shape index (κ3) is 2.85. The monoisotopic (exact) mass is 273 g/mol. The van der Waals surface area contributed by atoms with Crippen LogP contribution in [0.1, 0.15) is 24.8 Å². The lowest BCUT2D eigenvalue weighted by Gasteiger charge is -2.21. The first kappa shape index (κ1) is 13.2. The minimum atomic E-state index is -0.0788. The number of carbonyl (C=O) groups is 1. The number of para-hydroxylation sites is 1. The van der Waals surface area contributed by atoms with E-state index >= 15 is 0 Å². The molecule has 1 heterocycles. The van der Waals surface area contributed by atoms with E-state index in [0.29, 0.717) is 24.5 Å². The molecule has 0 spiro atoms. The van der Waals surface area contributed by atoms with Crippen molar-refractivity contribution < 1.29 is 14.6 Å². The number of amides is 1. The van der Waals surface area contributed by atoms with Crippen molar-refractivity contribution in [3.05, 3.63) is 35.4 Å². The second-order valence-electron chi connectivity index (χ2n) is 5.43. The van der Waals surface area contributed by atoms with Crippen LogP contribution in [0.5, 0.6) is 5.75 Å². The van der Waals surface area contributed by atoms with E-state index in [2.05, 4.69) is 5.32 Å². The van der Waals surface area contributed by atoms with Crippen molar-refractivity contribution >= 4 is 12.0 Å². The van der Waals surface area contributed by atoms with Gasteiger partial charge in [-0.15, -0.1) is 0 Å². The van der Waals surface area contributed by atoms with Crippen LogP contribution in [-0.2, 0) is 4.79 Å². The molecule has 20 heavy (non-hydrogen) atoms. The topological polar surface area (TPSA) is 58.6 Å². The molecule has 3 rings (SSSR count). The van der Waals surface area contributed by atoms with Gasteiger partial charge in [0.15, 0.2) is 0 Å². The lowest BCUT2D eigenvalue weighted by Crippen LogP contribution is -2.39. The number of fused-ring (bicyclic) bond motifs is 1. The first-order valence-electron chi connectivity index (χ1n) is 7.12. The molecule has 4 nitrogen and oxygen atoms in total. The van der Waals surface area contributed by atoms with Crippen molar-refractivity contribution in [3.63, 3.8) is 0 Å². The number of benzene rings is 1. The molecule has 4 heteroatoms. The second kappa shape index (κ2) is 5.67. The van der Waals surface area contributed by atoms with Crippen molar-refractivity contribution in [1.29, 1.82) is 0 Å². The Bertz CT molecular complexity index is 534. The van der Waals surface area contributed by atoms with Crippen LogP contribution in [0.25, 0.3) is 6.08 Å². The zero-order valence-corrected chi connectivity index (χ0v) is 11.3. The zero-order chi connectivity index (χ0) is 13.9. The van der Waals surface area contributed by atoms with E-state index in [-0.39, 0.29) is 18.6 Å². The summed E-state index contributed by atoms with van der Waals surface area (Å²) in [6.45, 7) is 0.416. The Morgan fingerprint density at radius 2 is 2.20 bits per heavy atom. The Morgan fingerprint density at radius 1 is 1.40 bits per heavy atom. The van der Waals surface area contributed by atoms with Crippen LogP contribution < -0.4 is 10.1 Å². The highest BCUT2D eigenvalue weighted by Gasteiger charge is 2.32. The predicted molar refractivity (Wildman–Crippen MR) is 76.3 cm³/mol. The fourth-order valence-corrected chi connectivity index (χ4v) is 2.57. The van der Waals surface area contributed by atoms with Crippen LogP contribution in [0.2, 0.25) is 0 Å². The van der Waals surface area contributed by atoms with Gasteiger partial charge in [0.05, 0.1) is 5.57 Å². The van der Waals surface area contributed by atoms with E-state index in [4.69, 9.17) is 9.84 Å². The standard InChI is InChI=1S/C16H19NO3/c18-8-7-14(11-5-6-11)17-16(19)13-9-12-3-1-2-4-15(12)20-10-13/h1-4,9,11,14,18H,5-8,10H2,(H,17,19). The molecule has 2 N–H and O–H groups in total. The van der Waals surface area contributed by atoms with Gasteiger partial charge in [0, 0.05) is 18.2 Å². The summed E-state index contributed by atoms with van der Waals surface area (Å²) in [7, 11) is 0. The molecule has 1 saturated carbocycles. The van der Waals surface area contributed by atoms with Gasteiger partial charge in [0.2, 0.25) is 0 Å². The van der Waals surface area contributed by atoms with Crippen molar-refractivity contribution in [2.75, 3.05) is 13.2 Å². The normalized spacial score (nSPS) is 18.6. The molecule has 1 unspecified atom stereocenters. The third-order valence-electron chi connectivity index (χ3n) is 3.87. The summed E-state index contributed by atoms with van der Waals surface area (Å²) in [6.07, 6.45) is 4.80.